The number of alkyl halides is 1. The highest BCUT2D eigenvalue weighted by Gasteiger charge is 2.29. The van der Waals surface area contributed by atoms with Crippen LogP contribution in [0.25, 0.3) is 11.6 Å². The summed E-state index contributed by atoms with van der Waals surface area (Å²) in [5.41, 5.74) is 2.06. The number of fused-ring (bicyclic) bond motifs is 1. The molecule has 1 aromatic rings. The molecule has 0 saturated carbocycles. The van der Waals surface area contributed by atoms with Gasteiger partial charge in [-0.1, -0.05) is 0 Å². The molecule has 1 aliphatic carbocycles. The maximum Gasteiger partial charge on any atom is 0.150 e. The van der Waals surface area contributed by atoms with Crippen LogP contribution >= 0.6 is 11.6 Å². The molecule has 1 atom stereocenters. The van der Waals surface area contributed by atoms with Gasteiger partial charge in [-0.15, -0.1) is 11.6 Å². The molecular formula is C16H17ClO4. The Morgan fingerprint density at radius 1 is 1.29 bits per heavy atom. The Bertz CT molecular complexity index is 588. The Balaban J connectivity index is 2.40. The fraction of sp³-hybridized carbons (Fsp3) is 0.375. The van der Waals surface area contributed by atoms with Crippen LogP contribution in [-0.2, 0) is 14.3 Å². The first kappa shape index (κ1) is 15.6. The van der Waals surface area contributed by atoms with Gasteiger partial charge in [-0.25, -0.2) is 4.79 Å². The van der Waals surface area contributed by atoms with Gasteiger partial charge in [0.2, 0.25) is 0 Å². The van der Waals surface area contributed by atoms with Gasteiger partial charge in [0.15, 0.2) is 6.10 Å². The lowest BCUT2D eigenvalue weighted by atomic mass is 9.90. The van der Waals surface area contributed by atoms with Crippen LogP contribution in [0.2, 0.25) is 0 Å². The van der Waals surface area contributed by atoms with Gasteiger partial charge in [0.1, 0.15) is 17.5 Å². The second kappa shape index (κ2) is 7.32. The third-order valence-electron chi connectivity index (χ3n) is 3.28. The highest BCUT2D eigenvalue weighted by atomic mass is 35.5. The summed E-state index contributed by atoms with van der Waals surface area (Å²) in [6, 6.07) is 5.48. The number of rotatable bonds is 6. The van der Waals surface area contributed by atoms with Crippen molar-refractivity contribution < 1.29 is 19.0 Å². The monoisotopic (exact) mass is 308 g/mol. The van der Waals surface area contributed by atoms with E-state index in [0.29, 0.717) is 36.0 Å². The minimum Gasteiger partial charge on any atom is -0.498 e. The predicted octanol–water partition coefficient (Wildman–Crippen LogP) is 2.93. The fourth-order valence-electron chi connectivity index (χ4n) is 2.24. The molecule has 0 amide bonds. The standard InChI is InChI=1S/C16H17ClO4/c1-19-12-4-5-13-11(8-12)9-15(20-2)16(14(13)10-18)21-7-3-6-17/h4-5,8-9,16H,3,6-7H2,1-2H3. The van der Waals surface area contributed by atoms with Crippen molar-refractivity contribution in [3.63, 3.8) is 0 Å². The molecule has 4 nitrogen and oxygen atoms in total. The summed E-state index contributed by atoms with van der Waals surface area (Å²) in [5, 5.41) is 0. The zero-order valence-corrected chi connectivity index (χ0v) is 12.8. The summed E-state index contributed by atoms with van der Waals surface area (Å²) < 4.78 is 16.3. The molecule has 1 aliphatic rings. The number of ether oxygens (including phenoxy) is 3. The number of carbonyl (C=O) groups excluding carboxylic acids is 1. The minimum absolute atomic E-state index is 0.432. The molecular weight excluding hydrogens is 292 g/mol. The summed E-state index contributed by atoms with van der Waals surface area (Å²) in [6.07, 6.45) is 2.01. The number of methoxy groups -OCH3 is 2. The molecule has 1 unspecified atom stereocenters. The lowest BCUT2D eigenvalue weighted by Crippen LogP contribution is -2.23. The molecule has 0 bridgehead atoms. The van der Waals surface area contributed by atoms with E-state index in [1.807, 2.05) is 24.2 Å². The van der Waals surface area contributed by atoms with Gasteiger partial charge in [-0.3, -0.25) is 0 Å². The van der Waals surface area contributed by atoms with Crippen molar-refractivity contribution in [3.8, 4) is 5.75 Å². The van der Waals surface area contributed by atoms with Gasteiger partial charge in [0, 0.05) is 12.5 Å². The number of hydrogen-bond donors (Lipinski definition) is 0. The van der Waals surface area contributed by atoms with E-state index in [4.69, 9.17) is 25.8 Å². The average molecular weight is 309 g/mol. The van der Waals surface area contributed by atoms with Crippen LogP contribution in [0.3, 0.4) is 0 Å². The van der Waals surface area contributed by atoms with Gasteiger partial charge in [0.25, 0.3) is 0 Å². The molecule has 0 N–H and O–H groups in total. The maximum atomic E-state index is 11.4. The van der Waals surface area contributed by atoms with Gasteiger partial charge < -0.3 is 14.2 Å². The van der Waals surface area contributed by atoms with Crippen molar-refractivity contribution in [2.24, 2.45) is 0 Å². The predicted molar refractivity (Wildman–Crippen MR) is 82.2 cm³/mol. The summed E-state index contributed by atoms with van der Waals surface area (Å²) >= 11 is 5.65. The van der Waals surface area contributed by atoms with E-state index < -0.39 is 6.10 Å². The van der Waals surface area contributed by atoms with Crippen molar-refractivity contribution in [1.29, 1.82) is 0 Å². The molecule has 5 heteroatoms. The third-order valence-corrected chi connectivity index (χ3v) is 3.54. The van der Waals surface area contributed by atoms with E-state index in [1.165, 1.54) is 0 Å². The Morgan fingerprint density at radius 2 is 2.10 bits per heavy atom. The Hall–Kier alpha value is -1.74. The Morgan fingerprint density at radius 3 is 2.71 bits per heavy atom. The average Bonchev–Trinajstić information content (AvgIpc) is 2.53. The lowest BCUT2D eigenvalue weighted by Gasteiger charge is -2.26. The molecule has 0 radical (unpaired) electrons. The molecule has 0 saturated heterocycles. The molecule has 21 heavy (non-hydrogen) atoms. The molecule has 1 aromatic carbocycles. The van der Waals surface area contributed by atoms with Crippen molar-refractivity contribution in [3.05, 3.63) is 35.1 Å². The van der Waals surface area contributed by atoms with E-state index in [-0.39, 0.29) is 0 Å². The second-order valence-electron chi connectivity index (χ2n) is 4.51. The van der Waals surface area contributed by atoms with Crippen LogP contribution in [0.5, 0.6) is 5.75 Å². The highest BCUT2D eigenvalue weighted by molar-refractivity contribution is 6.17. The first-order valence-corrected chi connectivity index (χ1v) is 7.15. The Kier molecular flexibility index (Phi) is 5.45. The van der Waals surface area contributed by atoms with Gasteiger partial charge in [0.05, 0.1) is 19.8 Å². The van der Waals surface area contributed by atoms with E-state index in [0.717, 1.165) is 11.1 Å². The van der Waals surface area contributed by atoms with Crippen LogP contribution < -0.4 is 4.74 Å². The minimum atomic E-state index is -0.545. The lowest BCUT2D eigenvalue weighted by molar-refractivity contribution is 0.0758. The number of hydrogen-bond acceptors (Lipinski definition) is 4. The number of benzene rings is 1. The maximum absolute atomic E-state index is 11.4. The van der Waals surface area contributed by atoms with E-state index in [1.54, 1.807) is 20.3 Å². The van der Waals surface area contributed by atoms with Crippen LogP contribution in [0.4, 0.5) is 0 Å². The van der Waals surface area contributed by atoms with Crippen LogP contribution in [-0.4, -0.2) is 38.8 Å². The van der Waals surface area contributed by atoms with Gasteiger partial charge in [-0.05, 0) is 41.8 Å². The summed E-state index contributed by atoms with van der Waals surface area (Å²) in [4.78, 5) is 11.4. The second-order valence-corrected chi connectivity index (χ2v) is 4.89. The van der Waals surface area contributed by atoms with Gasteiger partial charge in [-0.2, -0.15) is 0 Å². The first-order valence-electron chi connectivity index (χ1n) is 6.61. The molecule has 0 spiro atoms. The molecule has 0 fully saturated rings. The zero-order chi connectivity index (χ0) is 15.2. The first-order chi connectivity index (χ1) is 10.2. The van der Waals surface area contributed by atoms with Crippen LogP contribution in [0.15, 0.2) is 24.0 Å². The third kappa shape index (κ3) is 3.30. The van der Waals surface area contributed by atoms with E-state index in [9.17, 15) is 4.79 Å². The fourth-order valence-corrected chi connectivity index (χ4v) is 2.35. The molecule has 0 aromatic heterocycles. The van der Waals surface area contributed by atoms with Crippen molar-refractivity contribution in [1.82, 2.24) is 0 Å². The van der Waals surface area contributed by atoms with Gasteiger partial charge >= 0.3 is 0 Å². The zero-order valence-electron chi connectivity index (χ0n) is 12.0. The summed E-state index contributed by atoms with van der Waals surface area (Å²) in [5.74, 6) is 3.78. The summed E-state index contributed by atoms with van der Waals surface area (Å²) in [7, 11) is 3.15. The molecule has 112 valence electrons. The molecule has 0 aliphatic heterocycles. The van der Waals surface area contributed by atoms with Crippen molar-refractivity contribution in [2.45, 2.75) is 12.5 Å². The molecule has 0 heterocycles. The van der Waals surface area contributed by atoms with Crippen molar-refractivity contribution >= 4 is 29.2 Å². The Labute approximate surface area is 129 Å². The number of halogens is 1. The largest absolute Gasteiger partial charge is 0.498 e. The van der Waals surface area contributed by atoms with Crippen LogP contribution in [0, 0.1) is 0 Å². The summed E-state index contributed by atoms with van der Waals surface area (Å²) in [6.45, 7) is 0.450. The smallest absolute Gasteiger partial charge is 0.150 e. The van der Waals surface area contributed by atoms with Crippen LogP contribution in [0.1, 0.15) is 17.5 Å². The van der Waals surface area contributed by atoms with E-state index in [2.05, 4.69) is 0 Å². The molecule has 2 rings (SSSR count). The van der Waals surface area contributed by atoms with Crippen molar-refractivity contribution in [2.75, 3.05) is 26.7 Å². The topological polar surface area (TPSA) is 44.8 Å². The normalized spacial score (nSPS) is 16.8. The van der Waals surface area contributed by atoms with E-state index >= 15 is 0 Å². The SMILES string of the molecule is COC1=Cc2cc(OC)ccc2C(=C=O)C1OCCCCl. The highest BCUT2D eigenvalue weighted by Crippen LogP contribution is 2.35. The quantitative estimate of drug-likeness (QED) is 0.460.